The van der Waals surface area contributed by atoms with Crippen LogP contribution in [0.4, 0.5) is 14.5 Å². The standard InChI is InChI=1S/C14H9BrClF2NO2/c15-12-9(16)5-3-6-10(12)19-13(20)8-4-1-2-7-11(8)21-14(17)18/h1-7,14H,(H,19,20). The summed E-state index contributed by atoms with van der Waals surface area (Å²) in [5.41, 5.74) is 0.434. The zero-order chi connectivity index (χ0) is 15.4. The average Bonchev–Trinajstić information content (AvgIpc) is 2.44. The van der Waals surface area contributed by atoms with Crippen molar-refractivity contribution in [2.45, 2.75) is 6.61 Å². The lowest BCUT2D eigenvalue weighted by atomic mass is 10.2. The van der Waals surface area contributed by atoms with Crippen LogP contribution in [-0.4, -0.2) is 12.5 Å². The maximum Gasteiger partial charge on any atom is 0.387 e. The number of hydrogen-bond donors (Lipinski definition) is 1. The number of hydrogen-bond acceptors (Lipinski definition) is 2. The monoisotopic (exact) mass is 375 g/mol. The van der Waals surface area contributed by atoms with Crippen molar-refractivity contribution in [1.29, 1.82) is 0 Å². The molecule has 3 nitrogen and oxygen atoms in total. The molecule has 21 heavy (non-hydrogen) atoms. The van der Waals surface area contributed by atoms with E-state index in [-0.39, 0.29) is 11.3 Å². The summed E-state index contributed by atoms with van der Waals surface area (Å²) in [6.07, 6.45) is 0. The Labute approximate surface area is 133 Å². The molecule has 0 heterocycles. The molecule has 2 rings (SSSR count). The third-order valence-corrected chi connectivity index (χ3v) is 3.95. The minimum absolute atomic E-state index is 0.00433. The lowest BCUT2D eigenvalue weighted by molar-refractivity contribution is -0.0501. The van der Waals surface area contributed by atoms with Crippen molar-refractivity contribution in [3.63, 3.8) is 0 Å². The van der Waals surface area contributed by atoms with Crippen molar-refractivity contribution in [2.24, 2.45) is 0 Å². The molecule has 0 aliphatic carbocycles. The Bertz CT molecular complexity index is 667. The number of amides is 1. The Hall–Kier alpha value is -1.66. The summed E-state index contributed by atoms with van der Waals surface area (Å²) in [4.78, 5) is 12.2. The van der Waals surface area contributed by atoms with E-state index in [1.165, 1.54) is 18.2 Å². The molecule has 0 aliphatic rings. The van der Waals surface area contributed by atoms with Gasteiger partial charge in [-0.25, -0.2) is 0 Å². The quantitative estimate of drug-likeness (QED) is 0.819. The van der Waals surface area contributed by atoms with E-state index in [1.807, 2.05) is 0 Å². The van der Waals surface area contributed by atoms with Crippen molar-refractivity contribution >= 4 is 39.1 Å². The molecule has 2 aromatic carbocycles. The minimum atomic E-state index is -3.00. The molecule has 1 amide bonds. The number of rotatable bonds is 4. The second kappa shape index (κ2) is 6.87. The predicted octanol–water partition coefficient (Wildman–Crippen LogP) is 4.96. The molecule has 7 heteroatoms. The fourth-order valence-electron chi connectivity index (χ4n) is 1.64. The highest BCUT2D eigenvalue weighted by Crippen LogP contribution is 2.31. The Balaban J connectivity index is 2.27. The van der Waals surface area contributed by atoms with E-state index < -0.39 is 12.5 Å². The van der Waals surface area contributed by atoms with Crippen LogP contribution in [0.3, 0.4) is 0 Å². The molecule has 0 radical (unpaired) electrons. The maximum atomic E-state index is 12.3. The summed E-state index contributed by atoms with van der Waals surface area (Å²) >= 11 is 9.16. The molecule has 2 aromatic rings. The molecule has 0 fully saturated rings. The first-order chi connectivity index (χ1) is 9.99. The molecule has 0 spiro atoms. The van der Waals surface area contributed by atoms with Crippen molar-refractivity contribution in [3.05, 3.63) is 57.5 Å². The molecule has 0 unspecified atom stereocenters. The zero-order valence-corrected chi connectivity index (χ0v) is 12.8. The van der Waals surface area contributed by atoms with Crippen LogP contribution in [-0.2, 0) is 0 Å². The molecular weight excluding hydrogens is 368 g/mol. The van der Waals surface area contributed by atoms with Crippen LogP contribution in [0.15, 0.2) is 46.9 Å². The van der Waals surface area contributed by atoms with Crippen LogP contribution in [0, 0.1) is 0 Å². The number of para-hydroxylation sites is 1. The number of nitrogens with one attached hydrogen (secondary N) is 1. The number of benzene rings is 2. The number of carbonyl (C=O) groups is 1. The first-order valence-electron chi connectivity index (χ1n) is 5.78. The van der Waals surface area contributed by atoms with Crippen LogP contribution in [0.5, 0.6) is 5.75 Å². The lowest BCUT2D eigenvalue weighted by Gasteiger charge is -2.12. The number of alkyl halides is 2. The third-order valence-electron chi connectivity index (χ3n) is 2.55. The van der Waals surface area contributed by atoms with E-state index in [9.17, 15) is 13.6 Å². The highest BCUT2D eigenvalue weighted by Gasteiger charge is 2.16. The molecule has 0 bridgehead atoms. The summed E-state index contributed by atoms with van der Waals surface area (Å²) in [5.74, 6) is -0.766. The second-order valence-corrected chi connectivity index (χ2v) is 5.13. The molecule has 0 saturated carbocycles. The number of anilines is 1. The first-order valence-corrected chi connectivity index (χ1v) is 6.95. The van der Waals surface area contributed by atoms with Gasteiger partial charge in [-0.1, -0.05) is 29.8 Å². The Kier molecular flexibility index (Phi) is 5.14. The Morgan fingerprint density at radius 1 is 1.19 bits per heavy atom. The SMILES string of the molecule is O=C(Nc1cccc(Cl)c1Br)c1ccccc1OC(F)F. The number of carbonyl (C=O) groups excluding carboxylic acids is 1. The fraction of sp³-hybridized carbons (Fsp3) is 0.0714. The Morgan fingerprint density at radius 2 is 1.90 bits per heavy atom. The van der Waals surface area contributed by atoms with Gasteiger partial charge < -0.3 is 10.1 Å². The normalized spacial score (nSPS) is 10.5. The second-order valence-electron chi connectivity index (χ2n) is 3.93. The van der Waals surface area contributed by atoms with Gasteiger partial charge in [0.05, 0.1) is 20.7 Å². The van der Waals surface area contributed by atoms with Crippen LogP contribution in [0.2, 0.25) is 5.02 Å². The summed E-state index contributed by atoms with van der Waals surface area (Å²) in [7, 11) is 0. The molecular formula is C14H9BrClF2NO2. The van der Waals surface area contributed by atoms with E-state index in [0.29, 0.717) is 15.2 Å². The van der Waals surface area contributed by atoms with E-state index in [1.54, 1.807) is 24.3 Å². The van der Waals surface area contributed by atoms with Gasteiger partial charge in [0, 0.05) is 0 Å². The van der Waals surface area contributed by atoms with Gasteiger partial charge in [-0.05, 0) is 40.2 Å². The van der Waals surface area contributed by atoms with Crippen LogP contribution in [0.25, 0.3) is 0 Å². The van der Waals surface area contributed by atoms with Gasteiger partial charge in [0.25, 0.3) is 5.91 Å². The maximum absolute atomic E-state index is 12.3. The summed E-state index contributed by atoms with van der Waals surface area (Å²) in [6.45, 7) is -3.00. The fourth-order valence-corrected chi connectivity index (χ4v) is 2.18. The minimum Gasteiger partial charge on any atom is -0.434 e. The topological polar surface area (TPSA) is 38.3 Å². The number of ether oxygens (including phenoxy) is 1. The number of halogens is 4. The highest BCUT2D eigenvalue weighted by atomic mass is 79.9. The highest BCUT2D eigenvalue weighted by molar-refractivity contribution is 9.10. The molecule has 0 aliphatic heterocycles. The van der Waals surface area contributed by atoms with Crippen molar-refractivity contribution in [3.8, 4) is 5.75 Å². The van der Waals surface area contributed by atoms with Gasteiger partial charge in [-0.2, -0.15) is 8.78 Å². The van der Waals surface area contributed by atoms with Gasteiger partial charge in [0.1, 0.15) is 5.75 Å². The smallest absolute Gasteiger partial charge is 0.387 e. The lowest BCUT2D eigenvalue weighted by Crippen LogP contribution is -2.15. The summed E-state index contributed by atoms with van der Waals surface area (Å²) in [5, 5.41) is 3.01. The van der Waals surface area contributed by atoms with Crippen LogP contribution >= 0.6 is 27.5 Å². The van der Waals surface area contributed by atoms with Gasteiger partial charge >= 0.3 is 6.61 Å². The van der Waals surface area contributed by atoms with Gasteiger partial charge in [-0.3, -0.25) is 4.79 Å². The largest absolute Gasteiger partial charge is 0.434 e. The van der Waals surface area contributed by atoms with Crippen LogP contribution in [0.1, 0.15) is 10.4 Å². The zero-order valence-electron chi connectivity index (χ0n) is 10.4. The molecule has 0 atom stereocenters. The van der Waals surface area contributed by atoms with E-state index in [0.717, 1.165) is 0 Å². The van der Waals surface area contributed by atoms with Crippen molar-refractivity contribution in [1.82, 2.24) is 0 Å². The van der Waals surface area contributed by atoms with Gasteiger partial charge in [0.15, 0.2) is 0 Å². The van der Waals surface area contributed by atoms with E-state index in [2.05, 4.69) is 26.0 Å². The van der Waals surface area contributed by atoms with Crippen molar-refractivity contribution < 1.29 is 18.3 Å². The van der Waals surface area contributed by atoms with Crippen molar-refractivity contribution in [2.75, 3.05) is 5.32 Å². The molecule has 1 N–H and O–H groups in total. The molecule has 110 valence electrons. The summed E-state index contributed by atoms with van der Waals surface area (Å²) in [6, 6.07) is 10.7. The van der Waals surface area contributed by atoms with Gasteiger partial charge in [-0.15, -0.1) is 0 Å². The molecule has 0 aromatic heterocycles. The predicted molar refractivity (Wildman–Crippen MR) is 80.2 cm³/mol. The van der Waals surface area contributed by atoms with E-state index >= 15 is 0 Å². The third kappa shape index (κ3) is 3.92. The molecule has 0 saturated heterocycles. The Morgan fingerprint density at radius 3 is 2.62 bits per heavy atom. The van der Waals surface area contributed by atoms with Gasteiger partial charge in [0.2, 0.25) is 0 Å². The van der Waals surface area contributed by atoms with Crippen LogP contribution < -0.4 is 10.1 Å². The first kappa shape index (κ1) is 15.7. The van der Waals surface area contributed by atoms with E-state index in [4.69, 9.17) is 11.6 Å². The average molecular weight is 377 g/mol. The summed E-state index contributed by atoms with van der Waals surface area (Å²) < 4.78 is 29.5.